The number of hydrogen-bond donors (Lipinski definition) is 1. The van der Waals surface area contributed by atoms with Crippen molar-refractivity contribution in [1.82, 2.24) is 9.97 Å². The van der Waals surface area contributed by atoms with E-state index < -0.39 is 31.3 Å². The van der Waals surface area contributed by atoms with Crippen molar-refractivity contribution in [2.24, 2.45) is 0 Å². The Hall–Kier alpha value is -2.69. The number of aromatic nitrogens is 2. The molecular formula is C19H18F5N5O. The molecule has 2 unspecified atom stereocenters. The summed E-state index contributed by atoms with van der Waals surface area (Å²) in [5.74, 6) is -3.04. The SMILES string of the molecule is Fc1c(N2CC(F)(F)C2)cc(Nc2ccc(C(F)F)cn2)nc1N1CC2CC1CO2. The van der Waals surface area contributed by atoms with Crippen LogP contribution in [-0.2, 0) is 4.74 Å². The van der Waals surface area contributed by atoms with E-state index in [2.05, 4.69) is 15.3 Å². The van der Waals surface area contributed by atoms with Crippen LogP contribution < -0.4 is 15.1 Å². The minimum absolute atomic E-state index is 0.00633. The van der Waals surface area contributed by atoms with Gasteiger partial charge in [-0.2, -0.15) is 0 Å². The number of hydrogen-bond acceptors (Lipinski definition) is 6. The van der Waals surface area contributed by atoms with E-state index in [1.54, 1.807) is 4.90 Å². The van der Waals surface area contributed by atoms with Gasteiger partial charge in [0.2, 0.25) is 0 Å². The highest BCUT2D eigenvalue weighted by atomic mass is 19.3. The van der Waals surface area contributed by atoms with E-state index in [-0.39, 0.29) is 40.9 Å². The first-order chi connectivity index (χ1) is 14.3. The van der Waals surface area contributed by atoms with Gasteiger partial charge < -0.3 is 19.9 Å². The summed E-state index contributed by atoms with van der Waals surface area (Å²) in [7, 11) is 0. The lowest BCUT2D eigenvalue weighted by molar-refractivity contribution is -0.0265. The Labute approximate surface area is 168 Å². The molecule has 2 aromatic heterocycles. The number of halogens is 5. The number of ether oxygens (including phenoxy) is 1. The fourth-order valence-electron chi connectivity index (χ4n) is 4.07. The molecule has 11 heteroatoms. The highest BCUT2D eigenvalue weighted by molar-refractivity contribution is 5.68. The van der Waals surface area contributed by atoms with Gasteiger partial charge in [-0.3, -0.25) is 0 Å². The Bertz CT molecular complexity index is 949. The quantitative estimate of drug-likeness (QED) is 0.734. The Morgan fingerprint density at radius 1 is 1.20 bits per heavy atom. The molecule has 2 bridgehead atoms. The van der Waals surface area contributed by atoms with Crippen LogP contribution in [0.1, 0.15) is 18.4 Å². The van der Waals surface area contributed by atoms with Crippen molar-refractivity contribution in [2.75, 3.05) is 41.4 Å². The molecule has 30 heavy (non-hydrogen) atoms. The van der Waals surface area contributed by atoms with Crippen LogP contribution in [0.2, 0.25) is 0 Å². The lowest BCUT2D eigenvalue weighted by Crippen LogP contribution is -2.56. The number of rotatable bonds is 5. The minimum atomic E-state index is -2.86. The third kappa shape index (κ3) is 3.40. The molecule has 3 fully saturated rings. The lowest BCUT2D eigenvalue weighted by Gasteiger charge is -2.41. The normalized spacial score (nSPS) is 24.5. The van der Waals surface area contributed by atoms with Gasteiger partial charge in [0.15, 0.2) is 11.6 Å². The third-order valence-electron chi connectivity index (χ3n) is 5.57. The summed E-state index contributed by atoms with van der Waals surface area (Å²) in [6.45, 7) is -0.237. The first-order valence-electron chi connectivity index (χ1n) is 9.52. The zero-order chi connectivity index (χ0) is 21.0. The van der Waals surface area contributed by atoms with Gasteiger partial charge in [0.05, 0.1) is 37.5 Å². The van der Waals surface area contributed by atoms with E-state index in [1.165, 1.54) is 23.1 Å². The number of anilines is 4. The second kappa shape index (κ2) is 6.93. The van der Waals surface area contributed by atoms with Gasteiger partial charge in [-0.05, 0) is 18.6 Å². The predicted octanol–water partition coefficient (Wildman–Crippen LogP) is 3.73. The fraction of sp³-hybridized carbons (Fsp3) is 0.474. The van der Waals surface area contributed by atoms with Crippen molar-refractivity contribution in [1.29, 1.82) is 0 Å². The maximum Gasteiger partial charge on any atom is 0.282 e. The van der Waals surface area contributed by atoms with Crippen LogP contribution in [0.25, 0.3) is 0 Å². The maximum atomic E-state index is 15.3. The molecule has 6 nitrogen and oxygen atoms in total. The molecule has 0 aromatic carbocycles. The standard InChI is InChI=1S/C19H18F5N5O/c20-16-13(28-8-19(23,24)9-28)4-15(26-14-2-1-10(5-25-14)17(21)22)27-18(16)29-6-12-3-11(29)7-30-12/h1-2,4-5,11-12,17H,3,6-9H2,(H,25,26,27). The van der Waals surface area contributed by atoms with E-state index in [9.17, 15) is 17.6 Å². The molecule has 5 rings (SSSR count). The zero-order valence-corrected chi connectivity index (χ0v) is 15.7. The molecule has 1 N–H and O–H groups in total. The number of pyridine rings is 2. The average molecular weight is 427 g/mol. The molecule has 0 spiro atoms. The summed E-state index contributed by atoms with van der Waals surface area (Å²) in [4.78, 5) is 11.3. The molecule has 2 atom stereocenters. The zero-order valence-electron chi connectivity index (χ0n) is 15.7. The van der Waals surface area contributed by atoms with Crippen molar-refractivity contribution in [3.05, 3.63) is 35.8 Å². The first kappa shape index (κ1) is 19.3. The highest BCUT2D eigenvalue weighted by Crippen LogP contribution is 2.40. The van der Waals surface area contributed by atoms with Crippen molar-refractivity contribution < 1.29 is 26.7 Å². The average Bonchev–Trinajstić information content (AvgIpc) is 3.31. The van der Waals surface area contributed by atoms with E-state index in [0.717, 1.165) is 12.6 Å². The van der Waals surface area contributed by atoms with Crippen LogP contribution in [-0.4, -0.2) is 54.3 Å². The summed E-state index contributed by atoms with van der Waals surface area (Å²) in [6, 6.07) is 3.89. The summed E-state index contributed by atoms with van der Waals surface area (Å²) < 4.78 is 73.0. The first-order valence-corrected chi connectivity index (χ1v) is 9.52. The third-order valence-corrected chi connectivity index (χ3v) is 5.57. The van der Waals surface area contributed by atoms with E-state index in [0.29, 0.717) is 13.2 Å². The van der Waals surface area contributed by atoms with Crippen LogP contribution in [0, 0.1) is 5.82 Å². The Morgan fingerprint density at radius 2 is 2.00 bits per heavy atom. The van der Waals surface area contributed by atoms with Crippen LogP contribution in [0.4, 0.5) is 45.1 Å². The van der Waals surface area contributed by atoms with Gasteiger partial charge in [0, 0.05) is 24.4 Å². The van der Waals surface area contributed by atoms with E-state index >= 15 is 4.39 Å². The Kier molecular flexibility index (Phi) is 4.46. The summed E-state index contributed by atoms with van der Waals surface area (Å²) in [5, 5.41) is 2.86. The Balaban J connectivity index is 1.47. The number of alkyl halides is 4. The van der Waals surface area contributed by atoms with Crippen LogP contribution >= 0.6 is 0 Å². The van der Waals surface area contributed by atoms with Crippen molar-refractivity contribution in [3.63, 3.8) is 0 Å². The smallest absolute Gasteiger partial charge is 0.282 e. The molecule has 3 aliphatic heterocycles. The van der Waals surface area contributed by atoms with Gasteiger partial charge >= 0.3 is 0 Å². The largest absolute Gasteiger partial charge is 0.374 e. The highest BCUT2D eigenvalue weighted by Gasteiger charge is 2.46. The monoisotopic (exact) mass is 427 g/mol. The summed E-state index contributed by atoms with van der Waals surface area (Å²) in [6.07, 6.45) is -0.861. The fourth-order valence-corrected chi connectivity index (χ4v) is 4.07. The molecule has 0 aliphatic carbocycles. The molecule has 0 amide bonds. The summed E-state index contributed by atoms with van der Waals surface area (Å²) >= 11 is 0. The van der Waals surface area contributed by atoms with Crippen molar-refractivity contribution in [3.8, 4) is 0 Å². The van der Waals surface area contributed by atoms with Crippen LogP contribution in [0.5, 0.6) is 0 Å². The predicted molar refractivity (Wildman–Crippen MR) is 99.3 cm³/mol. The number of nitrogens with one attached hydrogen (secondary N) is 1. The Morgan fingerprint density at radius 3 is 2.57 bits per heavy atom. The molecule has 0 radical (unpaired) electrons. The number of fused-ring (bicyclic) bond motifs is 2. The number of nitrogens with zero attached hydrogens (tertiary/aromatic N) is 4. The summed E-state index contributed by atoms with van der Waals surface area (Å²) in [5.41, 5.74) is -0.216. The molecule has 2 aromatic rings. The second-order valence-electron chi connectivity index (χ2n) is 7.78. The topological polar surface area (TPSA) is 53.5 Å². The molecule has 160 valence electrons. The van der Waals surface area contributed by atoms with E-state index in [1.807, 2.05) is 0 Å². The van der Waals surface area contributed by atoms with Crippen molar-refractivity contribution >= 4 is 23.1 Å². The van der Waals surface area contributed by atoms with Crippen LogP contribution in [0.15, 0.2) is 24.4 Å². The molecular weight excluding hydrogens is 409 g/mol. The number of morpholine rings is 1. The van der Waals surface area contributed by atoms with Crippen molar-refractivity contribution in [2.45, 2.75) is 30.9 Å². The van der Waals surface area contributed by atoms with Gasteiger partial charge in [0.1, 0.15) is 11.6 Å². The molecule has 3 saturated heterocycles. The maximum absolute atomic E-state index is 15.3. The molecule has 3 aliphatic rings. The lowest BCUT2D eigenvalue weighted by atomic mass is 10.1. The van der Waals surface area contributed by atoms with Gasteiger partial charge in [-0.1, -0.05) is 0 Å². The minimum Gasteiger partial charge on any atom is -0.374 e. The van der Waals surface area contributed by atoms with Gasteiger partial charge in [-0.15, -0.1) is 0 Å². The second-order valence-corrected chi connectivity index (χ2v) is 7.78. The van der Waals surface area contributed by atoms with Crippen LogP contribution in [0.3, 0.4) is 0 Å². The van der Waals surface area contributed by atoms with E-state index in [4.69, 9.17) is 4.74 Å². The van der Waals surface area contributed by atoms with Gasteiger partial charge in [-0.25, -0.2) is 31.9 Å². The van der Waals surface area contributed by atoms with Gasteiger partial charge in [0.25, 0.3) is 12.3 Å². The molecule has 0 saturated carbocycles. The molecule has 5 heterocycles.